The molecule has 0 radical (unpaired) electrons. The third-order valence-electron chi connectivity index (χ3n) is 8.34. The molecule has 3 N–H and O–H groups in total. The largest absolute Gasteiger partial charge is 0.411 e. The quantitative estimate of drug-likeness (QED) is 0.326. The molecular formula is C29H35F3N4O3S. The first kappa shape index (κ1) is 28.8. The number of ether oxygens (including phenoxy) is 1. The van der Waals surface area contributed by atoms with Crippen molar-refractivity contribution in [3.8, 4) is 0 Å². The predicted molar refractivity (Wildman–Crippen MR) is 150 cm³/mol. The van der Waals surface area contributed by atoms with E-state index < -0.39 is 11.7 Å². The number of para-hydroxylation sites is 1. The Bertz CT molecular complexity index is 1450. The topological polar surface area (TPSA) is 88.2 Å². The van der Waals surface area contributed by atoms with Gasteiger partial charge in [-0.05, 0) is 63.8 Å². The molecule has 1 aromatic carbocycles. The van der Waals surface area contributed by atoms with Gasteiger partial charge in [-0.3, -0.25) is 14.9 Å². The van der Waals surface area contributed by atoms with E-state index in [9.17, 15) is 22.8 Å². The van der Waals surface area contributed by atoms with Crippen LogP contribution in [-0.2, 0) is 17.8 Å². The van der Waals surface area contributed by atoms with Gasteiger partial charge >= 0.3 is 6.18 Å². The molecule has 1 aliphatic heterocycles. The molecule has 2 fully saturated rings. The Balaban J connectivity index is 1.29. The molecule has 11 heteroatoms. The Morgan fingerprint density at radius 2 is 1.88 bits per heavy atom. The number of thioether (sulfide) groups is 1. The van der Waals surface area contributed by atoms with Crippen molar-refractivity contribution in [1.29, 1.82) is 0 Å². The third-order valence-corrected chi connectivity index (χ3v) is 9.14. The fourth-order valence-corrected chi connectivity index (χ4v) is 6.72. The van der Waals surface area contributed by atoms with Crippen LogP contribution in [0.1, 0.15) is 53.0 Å². The van der Waals surface area contributed by atoms with E-state index in [1.807, 2.05) is 50.4 Å². The number of carbonyl (C=O) groups is 1. The summed E-state index contributed by atoms with van der Waals surface area (Å²) >= 11 is 1.47. The Morgan fingerprint density at radius 3 is 2.50 bits per heavy atom. The van der Waals surface area contributed by atoms with Gasteiger partial charge in [-0.1, -0.05) is 18.2 Å². The van der Waals surface area contributed by atoms with Gasteiger partial charge in [0, 0.05) is 51.9 Å². The lowest BCUT2D eigenvalue weighted by Crippen LogP contribution is -2.71. The molecule has 3 aromatic rings. The normalized spacial score (nSPS) is 20.9. The number of alkyl halides is 3. The highest BCUT2D eigenvalue weighted by Gasteiger charge is 2.60. The number of rotatable bonds is 8. The smallest absolute Gasteiger partial charge is 0.377 e. The number of carbonyl (C=O) groups excluding carboxylic acids is 1. The molecule has 0 bridgehead atoms. The zero-order valence-electron chi connectivity index (χ0n) is 22.9. The highest BCUT2D eigenvalue weighted by Crippen LogP contribution is 2.39. The second-order valence-electron chi connectivity index (χ2n) is 11.0. The van der Waals surface area contributed by atoms with Gasteiger partial charge in [0.2, 0.25) is 0 Å². The summed E-state index contributed by atoms with van der Waals surface area (Å²) < 4.78 is 47.8. The van der Waals surface area contributed by atoms with Gasteiger partial charge in [0.1, 0.15) is 0 Å². The van der Waals surface area contributed by atoms with Crippen LogP contribution in [0.25, 0.3) is 10.9 Å². The van der Waals surface area contributed by atoms with E-state index >= 15 is 0 Å². The minimum Gasteiger partial charge on any atom is -0.377 e. The summed E-state index contributed by atoms with van der Waals surface area (Å²) in [7, 11) is 0. The number of pyridine rings is 1. The molecule has 0 spiro atoms. The summed E-state index contributed by atoms with van der Waals surface area (Å²) in [6.07, 6.45) is 0.496. The average molecular weight is 577 g/mol. The third kappa shape index (κ3) is 5.43. The lowest BCUT2D eigenvalue weighted by molar-refractivity contribution is -0.270. The molecule has 1 aliphatic carbocycles. The fourth-order valence-electron chi connectivity index (χ4n) is 6.02. The summed E-state index contributed by atoms with van der Waals surface area (Å²) in [4.78, 5) is 29.7. The van der Waals surface area contributed by atoms with E-state index in [0.29, 0.717) is 30.5 Å². The Labute approximate surface area is 235 Å². The first-order valence-corrected chi connectivity index (χ1v) is 14.8. The molecule has 5 rings (SSSR count). The van der Waals surface area contributed by atoms with E-state index in [1.165, 1.54) is 11.8 Å². The SMILES string of the molecule is CSc1cc(C)[nH]c(=O)c1CNC(=O)c1c(C)n(CC2CCC(NC3(C(F)(F)F)COC3)CC2)c2ccccc12. The number of nitrogens with one attached hydrogen (secondary N) is 3. The van der Waals surface area contributed by atoms with Crippen LogP contribution in [0.15, 0.2) is 40.0 Å². The van der Waals surface area contributed by atoms with Crippen molar-refractivity contribution >= 4 is 28.6 Å². The predicted octanol–water partition coefficient (Wildman–Crippen LogP) is 5.08. The average Bonchev–Trinajstić information content (AvgIpc) is 3.16. The van der Waals surface area contributed by atoms with Crippen LogP contribution in [0.5, 0.6) is 0 Å². The van der Waals surface area contributed by atoms with Gasteiger partial charge in [0.15, 0.2) is 5.54 Å². The molecule has 1 saturated carbocycles. The van der Waals surface area contributed by atoms with Gasteiger partial charge in [-0.2, -0.15) is 13.2 Å². The van der Waals surface area contributed by atoms with Crippen LogP contribution >= 0.6 is 11.8 Å². The highest BCUT2D eigenvalue weighted by molar-refractivity contribution is 7.98. The number of hydrogen-bond donors (Lipinski definition) is 3. The van der Waals surface area contributed by atoms with Crippen molar-refractivity contribution in [1.82, 2.24) is 20.2 Å². The summed E-state index contributed by atoms with van der Waals surface area (Å²) in [5.41, 5.74) is 1.54. The van der Waals surface area contributed by atoms with Crippen LogP contribution < -0.4 is 16.2 Å². The van der Waals surface area contributed by atoms with Crippen molar-refractivity contribution in [3.05, 3.63) is 63.2 Å². The Morgan fingerprint density at radius 1 is 1.18 bits per heavy atom. The maximum atomic E-state index is 13.6. The van der Waals surface area contributed by atoms with Gasteiger partial charge in [-0.25, -0.2) is 0 Å². The molecule has 2 aromatic heterocycles. The van der Waals surface area contributed by atoms with Gasteiger partial charge in [0.25, 0.3) is 11.5 Å². The van der Waals surface area contributed by atoms with Gasteiger partial charge in [0.05, 0.1) is 18.8 Å². The number of aromatic nitrogens is 2. The Hall–Kier alpha value is -2.76. The van der Waals surface area contributed by atoms with Crippen LogP contribution in [0.3, 0.4) is 0 Å². The number of fused-ring (bicyclic) bond motifs is 1. The number of aryl methyl sites for hydroxylation is 1. The van der Waals surface area contributed by atoms with E-state index in [-0.39, 0.29) is 43.2 Å². The molecule has 40 heavy (non-hydrogen) atoms. The molecule has 216 valence electrons. The van der Waals surface area contributed by atoms with Crippen molar-refractivity contribution in [3.63, 3.8) is 0 Å². The minimum absolute atomic E-state index is 0.116. The van der Waals surface area contributed by atoms with E-state index in [0.717, 1.165) is 40.0 Å². The molecule has 2 aliphatic rings. The first-order chi connectivity index (χ1) is 19.0. The number of aromatic amines is 1. The van der Waals surface area contributed by atoms with Crippen LogP contribution in [-0.4, -0.2) is 52.7 Å². The monoisotopic (exact) mass is 576 g/mol. The lowest BCUT2D eigenvalue weighted by Gasteiger charge is -2.46. The zero-order chi connectivity index (χ0) is 28.7. The number of amides is 1. The molecular weight excluding hydrogens is 541 g/mol. The summed E-state index contributed by atoms with van der Waals surface area (Å²) in [6.45, 7) is 3.91. The summed E-state index contributed by atoms with van der Waals surface area (Å²) in [5, 5.41) is 6.66. The number of hydrogen-bond acceptors (Lipinski definition) is 5. The molecule has 0 unspecified atom stereocenters. The van der Waals surface area contributed by atoms with E-state index in [4.69, 9.17) is 4.74 Å². The second kappa shape index (κ2) is 11.3. The second-order valence-corrected chi connectivity index (χ2v) is 11.9. The van der Waals surface area contributed by atoms with Crippen molar-refractivity contribution in [2.75, 3.05) is 19.5 Å². The minimum atomic E-state index is -4.33. The molecule has 3 heterocycles. The maximum Gasteiger partial charge on any atom is 0.411 e. The summed E-state index contributed by atoms with van der Waals surface area (Å²) in [5.74, 6) is 0.0470. The van der Waals surface area contributed by atoms with Crippen LogP contribution in [0.2, 0.25) is 0 Å². The van der Waals surface area contributed by atoms with Crippen LogP contribution in [0, 0.1) is 19.8 Å². The van der Waals surface area contributed by atoms with Crippen molar-refractivity contribution in [2.24, 2.45) is 5.92 Å². The molecule has 1 saturated heterocycles. The lowest BCUT2D eigenvalue weighted by atomic mass is 9.83. The van der Waals surface area contributed by atoms with E-state index in [2.05, 4.69) is 20.2 Å². The molecule has 1 amide bonds. The van der Waals surface area contributed by atoms with Gasteiger partial charge in [-0.15, -0.1) is 11.8 Å². The number of nitrogens with zero attached hydrogens (tertiary/aromatic N) is 1. The number of benzene rings is 1. The molecule has 0 atom stereocenters. The standard InChI is InChI=1S/C29H35F3N4O3S/c1-17-12-24(40-3)22(26(37)34-17)13-33-27(38)25-18(2)36(23-7-5-4-6-21(23)25)14-19-8-10-20(11-9-19)35-28(15-39-16-28)29(30,31)32/h4-7,12,19-20,35H,8-11,13-16H2,1-3H3,(H,33,38)(H,34,37). The summed E-state index contributed by atoms with van der Waals surface area (Å²) in [6, 6.07) is 9.47. The number of halogens is 3. The highest BCUT2D eigenvalue weighted by atomic mass is 32.2. The Kier molecular flexibility index (Phi) is 8.09. The van der Waals surface area contributed by atoms with Crippen molar-refractivity contribution < 1.29 is 22.7 Å². The van der Waals surface area contributed by atoms with Crippen molar-refractivity contribution in [2.45, 2.75) is 75.3 Å². The molecule has 7 nitrogen and oxygen atoms in total. The maximum absolute atomic E-state index is 13.6. The van der Waals surface area contributed by atoms with Crippen LogP contribution in [0.4, 0.5) is 13.2 Å². The first-order valence-electron chi connectivity index (χ1n) is 13.6. The van der Waals surface area contributed by atoms with Gasteiger partial charge < -0.3 is 19.6 Å². The van der Waals surface area contributed by atoms with E-state index in [1.54, 1.807) is 0 Å². The zero-order valence-corrected chi connectivity index (χ0v) is 23.7. The number of H-pyrrole nitrogens is 1. The fraction of sp³-hybridized carbons (Fsp3) is 0.517.